The van der Waals surface area contributed by atoms with Gasteiger partial charge in [0.05, 0.1) is 5.69 Å². The molecule has 1 fully saturated rings. The number of anilines is 1. The number of piperazine rings is 1. The number of likely N-dealkylation sites (N-methyl/N-ethyl adjacent to an activating group) is 1. The van der Waals surface area contributed by atoms with Crippen LogP contribution in [0, 0.1) is 0 Å². The number of pyridine rings is 1. The van der Waals surface area contributed by atoms with E-state index in [0.717, 1.165) is 54.5 Å². The van der Waals surface area contributed by atoms with E-state index in [9.17, 15) is 4.79 Å². The number of hydrogen-bond donors (Lipinski definition) is 1. The fourth-order valence-corrected chi connectivity index (χ4v) is 3.52. The summed E-state index contributed by atoms with van der Waals surface area (Å²) in [6, 6.07) is 3.85. The summed E-state index contributed by atoms with van der Waals surface area (Å²) in [6.45, 7) is 3.41. The quantitative estimate of drug-likeness (QED) is 0.870. The SMILES string of the molecule is CN1CCN(C(=O)SNc2nc(-c3cccnc3)cs2)CC1. The van der Waals surface area contributed by atoms with Gasteiger partial charge in [-0.15, -0.1) is 11.3 Å². The maximum atomic E-state index is 12.1. The second-order valence-electron chi connectivity index (χ2n) is 5.04. The molecule has 0 aromatic carbocycles. The maximum absolute atomic E-state index is 12.1. The molecule has 1 N–H and O–H groups in total. The van der Waals surface area contributed by atoms with Gasteiger partial charge in [0.1, 0.15) is 0 Å². The zero-order chi connectivity index (χ0) is 15.4. The van der Waals surface area contributed by atoms with Crippen LogP contribution < -0.4 is 4.72 Å². The molecule has 0 aliphatic carbocycles. The van der Waals surface area contributed by atoms with Crippen molar-refractivity contribution >= 4 is 33.7 Å². The normalized spacial score (nSPS) is 15.8. The Labute approximate surface area is 137 Å². The van der Waals surface area contributed by atoms with Crippen LogP contribution in [0.3, 0.4) is 0 Å². The molecule has 6 nitrogen and oxygen atoms in total. The van der Waals surface area contributed by atoms with E-state index in [2.05, 4.69) is 26.6 Å². The first-order valence-corrected chi connectivity index (χ1v) is 8.68. The van der Waals surface area contributed by atoms with E-state index < -0.39 is 0 Å². The van der Waals surface area contributed by atoms with Crippen LogP contribution in [0.4, 0.5) is 9.93 Å². The molecule has 0 bridgehead atoms. The van der Waals surface area contributed by atoms with Gasteiger partial charge in [-0.2, -0.15) is 0 Å². The minimum Gasteiger partial charge on any atom is -0.330 e. The van der Waals surface area contributed by atoms with Crippen molar-refractivity contribution in [3.63, 3.8) is 0 Å². The summed E-state index contributed by atoms with van der Waals surface area (Å²) in [4.78, 5) is 24.8. The zero-order valence-electron chi connectivity index (χ0n) is 12.2. The number of aromatic nitrogens is 2. The van der Waals surface area contributed by atoms with Crippen LogP contribution in [0.25, 0.3) is 11.3 Å². The van der Waals surface area contributed by atoms with Crippen LogP contribution in [0.5, 0.6) is 0 Å². The van der Waals surface area contributed by atoms with Crippen molar-refractivity contribution in [3.8, 4) is 11.3 Å². The molecule has 1 aliphatic rings. The highest BCUT2D eigenvalue weighted by atomic mass is 32.2. The van der Waals surface area contributed by atoms with Gasteiger partial charge < -0.3 is 9.80 Å². The molecule has 3 heterocycles. The van der Waals surface area contributed by atoms with Gasteiger partial charge in [-0.3, -0.25) is 14.5 Å². The third-order valence-corrected chi connectivity index (χ3v) is 5.06. The largest absolute Gasteiger partial charge is 0.330 e. The van der Waals surface area contributed by atoms with Gasteiger partial charge in [-0.1, -0.05) is 0 Å². The lowest BCUT2D eigenvalue weighted by atomic mass is 10.2. The molecule has 0 saturated carbocycles. The minimum absolute atomic E-state index is 0.0474. The van der Waals surface area contributed by atoms with Crippen molar-refractivity contribution in [2.45, 2.75) is 0 Å². The topological polar surface area (TPSA) is 61.4 Å². The molecule has 1 aliphatic heterocycles. The van der Waals surface area contributed by atoms with Gasteiger partial charge in [-0.05, 0) is 19.2 Å². The first-order valence-electron chi connectivity index (χ1n) is 6.98. The van der Waals surface area contributed by atoms with Crippen LogP contribution in [-0.2, 0) is 0 Å². The molecule has 0 atom stereocenters. The Morgan fingerprint density at radius 2 is 2.18 bits per heavy atom. The van der Waals surface area contributed by atoms with E-state index in [4.69, 9.17) is 0 Å². The number of hydrogen-bond acceptors (Lipinski definition) is 7. The predicted octanol–water partition coefficient (Wildman–Crippen LogP) is 2.63. The Bertz CT molecular complexity index is 625. The van der Waals surface area contributed by atoms with E-state index >= 15 is 0 Å². The van der Waals surface area contributed by atoms with Crippen LogP contribution in [-0.4, -0.2) is 58.2 Å². The fraction of sp³-hybridized carbons (Fsp3) is 0.357. The number of thiazole rings is 1. The summed E-state index contributed by atoms with van der Waals surface area (Å²) in [6.07, 6.45) is 3.51. The lowest BCUT2D eigenvalue weighted by Gasteiger charge is -2.31. The highest BCUT2D eigenvalue weighted by Gasteiger charge is 2.19. The number of nitrogens with one attached hydrogen (secondary N) is 1. The minimum atomic E-state index is 0.0474. The standard InChI is InChI=1S/C14H17N5OS2/c1-18-5-7-19(8-6-18)14(20)22-17-13-16-12(10-21-13)11-3-2-4-15-9-11/h2-4,9-10H,5-8H2,1H3,(H,16,17). The number of nitrogens with zero attached hydrogens (tertiary/aromatic N) is 4. The Morgan fingerprint density at radius 1 is 1.36 bits per heavy atom. The van der Waals surface area contributed by atoms with Gasteiger partial charge >= 0.3 is 5.24 Å². The average Bonchev–Trinajstić information content (AvgIpc) is 3.03. The third-order valence-electron chi connectivity index (χ3n) is 3.45. The molecule has 3 rings (SSSR count). The highest BCUT2D eigenvalue weighted by Crippen LogP contribution is 2.26. The van der Waals surface area contributed by atoms with E-state index in [0.29, 0.717) is 0 Å². The molecule has 0 spiro atoms. The number of carbonyl (C=O) groups excluding carboxylic acids is 1. The molecule has 22 heavy (non-hydrogen) atoms. The molecular formula is C14H17N5OS2. The van der Waals surface area contributed by atoms with Crippen LogP contribution >= 0.6 is 23.3 Å². The molecule has 0 unspecified atom stereocenters. The second kappa shape index (κ2) is 7.08. The van der Waals surface area contributed by atoms with Crippen LogP contribution in [0.15, 0.2) is 29.9 Å². The lowest BCUT2D eigenvalue weighted by molar-refractivity contribution is 0.172. The molecule has 1 amide bonds. The first-order chi connectivity index (χ1) is 10.7. The van der Waals surface area contributed by atoms with E-state index in [-0.39, 0.29) is 5.24 Å². The van der Waals surface area contributed by atoms with Gasteiger partial charge in [0, 0.05) is 61.5 Å². The number of rotatable bonds is 3. The van der Waals surface area contributed by atoms with E-state index in [1.165, 1.54) is 11.3 Å². The smallest absolute Gasteiger partial charge is 0.302 e. The van der Waals surface area contributed by atoms with Gasteiger partial charge in [0.15, 0.2) is 5.13 Å². The Balaban J connectivity index is 1.54. The third kappa shape index (κ3) is 3.76. The van der Waals surface area contributed by atoms with Crippen LogP contribution in [0.1, 0.15) is 0 Å². The highest BCUT2D eigenvalue weighted by molar-refractivity contribution is 8.14. The lowest BCUT2D eigenvalue weighted by Crippen LogP contribution is -2.46. The predicted molar refractivity (Wildman–Crippen MR) is 91.0 cm³/mol. The van der Waals surface area contributed by atoms with Crippen molar-refractivity contribution in [1.29, 1.82) is 0 Å². The van der Waals surface area contributed by atoms with E-state index in [1.54, 1.807) is 12.4 Å². The Kier molecular flexibility index (Phi) is 4.91. The van der Waals surface area contributed by atoms with Crippen LogP contribution in [0.2, 0.25) is 0 Å². The molecule has 1 saturated heterocycles. The van der Waals surface area contributed by atoms with Crippen molar-refractivity contribution in [1.82, 2.24) is 19.8 Å². The summed E-state index contributed by atoms with van der Waals surface area (Å²) in [5.74, 6) is 0. The van der Waals surface area contributed by atoms with Crippen molar-refractivity contribution in [2.24, 2.45) is 0 Å². The van der Waals surface area contributed by atoms with E-state index in [1.807, 2.05) is 22.4 Å². The second-order valence-corrected chi connectivity index (χ2v) is 6.66. The summed E-state index contributed by atoms with van der Waals surface area (Å²) < 4.78 is 3.04. The van der Waals surface area contributed by atoms with Gasteiger partial charge in [-0.25, -0.2) is 4.98 Å². The molecule has 2 aromatic heterocycles. The monoisotopic (exact) mass is 335 g/mol. The zero-order valence-corrected chi connectivity index (χ0v) is 13.9. The number of carbonyl (C=O) groups is 1. The summed E-state index contributed by atoms with van der Waals surface area (Å²) in [7, 11) is 2.07. The van der Waals surface area contributed by atoms with Crippen molar-refractivity contribution in [3.05, 3.63) is 29.9 Å². The van der Waals surface area contributed by atoms with Gasteiger partial charge in [0.2, 0.25) is 0 Å². The van der Waals surface area contributed by atoms with Crippen molar-refractivity contribution < 1.29 is 4.79 Å². The van der Waals surface area contributed by atoms with Gasteiger partial charge in [0.25, 0.3) is 0 Å². The Hall–Kier alpha value is -1.64. The summed E-state index contributed by atoms with van der Waals surface area (Å²) in [5, 5.41) is 2.73. The first kappa shape index (κ1) is 15.3. The molecular weight excluding hydrogens is 318 g/mol. The van der Waals surface area contributed by atoms with Crippen molar-refractivity contribution in [2.75, 3.05) is 37.9 Å². The number of amides is 1. The molecule has 0 radical (unpaired) electrons. The Morgan fingerprint density at radius 3 is 2.91 bits per heavy atom. The summed E-state index contributed by atoms with van der Waals surface area (Å²) in [5.41, 5.74) is 1.84. The maximum Gasteiger partial charge on any atom is 0.302 e. The fourth-order valence-electron chi connectivity index (χ4n) is 2.11. The molecule has 8 heteroatoms. The average molecular weight is 335 g/mol. The molecule has 116 valence electrons. The summed E-state index contributed by atoms with van der Waals surface area (Å²) >= 11 is 2.58. The molecule has 2 aromatic rings.